The third-order valence-corrected chi connectivity index (χ3v) is 2.34. The molecule has 0 saturated heterocycles. The molecule has 3 heteroatoms. The number of rotatable bonds is 6. The molecule has 0 radical (unpaired) electrons. The zero-order valence-electron chi connectivity index (χ0n) is 10.3. The van der Waals surface area contributed by atoms with Gasteiger partial charge in [-0.05, 0) is 31.1 Å². The van der Waals surface area contributed by atoms with E-state index >= 15 is 0 Å². The second-order valence-electron chi connectivity index (χ2n) is 5.22. The van der Waals surface area contributed by atoms with Crippen molar-refractivity contribution in [2.24, 2.45) is 5.41 Å². The summed E-state index contributed by atoms with van der Waals surface area (Å²) < 4.78 is 0. The quantitative estimate of drug-likeness (QED) is 0.747. The maximum Gasteiger partial charge on any atom is 0.0220 e. The van der Waals surface area contributed by atoms with Crippen LogP contribution in [0.4, 0.5) is 0 Å². The smallest absolute Gasteiger partial charge is 0.0220 e. The Morgan fingerprint density at radius 3 is 2.67 bits per heavy atom. The summed E-state index contributed by atoms with van der Waals surface area (Å²) in [6.07, 6.45) is 3.99. The van der Waals surface area contributed by atoms with Gasteiger partial charge in [-0.1, -0.05) is 13.8 Å². The fraction of sp³-hybridized carbons (Fsp3) is 0.667. The molecule has 1 heterocycles. The predicted molar refractivity (Wildman–Crippen MR) is 64.8 cm³/mol. The molecule has 3 nitrogen and oxygen atoms in total. The predicted octanol–water partition coefficient (Wildman–Crippen LogP) is 1.69. The van der Waals surface area contributed by atoms with E-state index in [0.29, 0.717) is 5.41 Å². The summed E-state index contributed by atoms with van der Waals surface area (Å²) in [5, 5.41) is 3.49. The van der Waals surface area contributed by atoms with Crippen LogP contribution in [-0.4, -0.2) is 37.1 Å². The lowest BCUT2D eigenvalue weighted by molar-refractivity contribution is 0.232. The summed E-state index contributed by atoms with van der Waals surface area (Å²) in [4.78, 5) is 5.30. The zero-order chi connectivity index (χ0) is 11.3. The molecule has 1 aromatic rings. The van der Waals surface area contributed by atoms with Gasteiger partial charge in [-0.3, -0.25) is 0 Å². The molecule has 1 rings (SSSR count). The molecule has 0 aliphatic heterocycles. The van der Waals surface area contributed by atoms with Gasteiger partial charge >= 0.3 is 0 Å². The third kappa shape index (κ3) is 5.00. The molecule has 0 bridgehead atoms. The highest BCUT2D eigenvalue weighted by atomic mass is 15.1. The Morgan fingerprint density at radius 2 is 2.13 bits per heavy atom. The fourth-order valence-corrected chi connectivity index (χ4v) is 1.93. The van der Waals surface area contributed by atoms with Gasteiger partial charge < -0.3 is 15.2 Å². The second kappa shape index (κ2) is 5.33. The van der Waals surface area contributed by atoms with E-state index in [4.69, 9.17) is 0 Å². The molecule has 1 aromatic heterocycles. The number of hydrogen-bond donors (Lipinski definition) is 2. The van der Waals surface area contributed by atoms with E-state index in [2.05, 4.69) is 49.2 Å². The maximum absolute atomic E-state index is 3.49. The minimum atomic E-state index is 0.319. The summed E-state index contributed by atoms with van der Waals surface area (Å²) in [7, 11) is 4.24. The molecule has 0 aliphatic carbocycles. The summed E-state index contributed by atoms with van der Waals surface area (Å²) in [5.41, 5.74) is 1.63. The molecule has 0 atom stereocenters. The van der Waals surface area contributed by atoms with Crippen molar-refractivity contribution < 1.29 is 0 Å². The molecular formula is C12H23N3. The topological polar surface area (TPSA) is 31.1 Å². The molecule has 0 unspecified atom stereocenters. The van der Waals surface area contributed by atoms with Gasteiger partial charge in [-0.25, -0.2) is 0 Å². The lowest BCUT2D eigenvalue weighted by atomic mass is 9.93. The van der Waals surface area contributed by atoms with Crippen molar-refractivity contribution in [1.29, 1.82) is 0 Å². The van der Waals surface area contributed by atoms with E-state index in [1.165, 1.54) is 5.56 Å². The van der Waals surface area contributed by atoms with Crippen LogP contribution in [0, 0.1) is 5.41 Å². The van der Waals surface area contributed by atoms with Crippen molar-refractivity contribution in [3.8, 4) is 0 Å². The van der Waals surface area contributed by atoms with Crippen LogP contribution in [0.1, 0.15) is 19.4 Å². The van der Waals surface area contributed by atoms with Crippen molar-refractivity contribution >= 4 is 0 Å². The Labute approximate surface area is 92.9 Å². The Hall–Kier alpha value is -0.800. The highest BCUT2D eigenvalue weighted by molar-refractivity contribution is 5.07. The number of aromatic nitrogens is 1. The molecule has 2 N–H and O–H groups in total. The Bertz CT molecular complexity index is 262. The molecule has 0 aliphatic rings. The van der Waals surface area contributed by atoms with Crippen molar-refractivity contribution in [2.45, 2.75) is 20.4 Å². The van der Waals surface area contributed by atoms with Gasteiger partial charge in [0.05, 0.1) is 0 Å². The minimum absolute atomic E-state index is 0.319. The Morgan fingerprint density at radius 1 is 1.40 bits per heavy atom. The van der Waals surface area contributed by atoms with E-state index in [-0.39, 0.29) is 0 Å². The van der Waals surface area contributed by atoms with Crippen molar-refractivity contribution in [2.75, 3.05) is 27.2 Å². The van der Waals surface area contributed by atoms with E-state index in [1.807, 2.05) is 12.4 Å². The average molecular weight is 209 g/mol. The van der Waals surface area contributed by atoms with Crippen LogP contribution < -0.4 is 5.32 Å². The van der Waals surface area contributed by atoms with Crippen molar-refractivity contribution in [1.82, 2.24) is 15.2 Å². The molecule has 0 amide bonds. The van der Waals surface area contributed by atoms with Gasteiger partial charge in [0.25, 0.3) is 0 Å². The van der Waals surface area contributed by atoms with Crippen LogP contribution in [0.5, 0.6) is 0 Å². The van der Waals surface area contributed by atoms with E-state index < -0.39 is 0 Å². The number of nitrogens with zero attached hydrogens (tertiary/aromatic N) is 1. The van der Waals surface area contributed by atoms with Gasteiger partial charge in [0.2, 0.25) is 0 Å². The first kappa shape index (κ1) is 12.3. The normalized spacial score (nSPS) is 12.3. The van der Waals surface area contributed by atoms with Gasteiger partial charge in [0.15, 0.2) is 0 Å². The maximum atomic E-state index is 3.49. The standard InChI is InChI=1S/C12H23N3/c1-12(2,10-15(3)4)9-14-8-11-5-6-13-7-11/h5-7,13-14H,8-10H2,1-4H3. The second-order valence-corrected chi connectivity index (χ2v) is 5.22. The van der Waals surface area contributed by atoms with Crippen molar-refractivity contribution in [3.63, 3.8) is 0 Å². The number of aromatic amines is 1. The minimum Gasteiger partial charge on any atom is -0.367 e. The summed E-state index contributed by atoms with van der Waals surface area (Å²) in [6, 6.07) is 2.10. The number of H-pyrrole nitrogens is 1. The summed E-state index contributed by atoms with van der Waals surface area (Å²) in [5.74, 6) is 0. The molecule has 0 fully saturated rings. The van der Waals surface area contributed by atoms with Crippen molar-refractivity contribution in [3.05, 3.63) is 24.0 Å². The lowest BCUT2D eigenvalue weighted by Crippen LogP contribution is -2.37. The highest BCUT2D eigenvalue weighted by Crippen LogP contribution is 2.14. The van der Waals surface area contributed by atoms with Gasteiger partial charge in [-0.2, -0.15) is 0 Å². The first-order valence-corrected chi connectivity index (χ1v) is 5.47. The van der Waals surface area contributed by atoms with Crippen LogP contribution in [-0.2, 0) is 6.54 Å². The average Bonchev–Trinajstić information content (AvgIpc) is 2.53. The fourth-order valence-electron chi connectivity index (χ4n) is 1.93. The zero-order valence-corrected chi connectivity index (χ0v) is 10.3. The Kier molecular flexibility index (Phi) is 4.36. The SMILES string of the molecule is CN(C)CC(C)(C)CNCc1cc[nH]c1. The monoisotopic (exact) mass is 209 g/mol. The van der Waals surface area contributed by atoms with E-state index in [9.17, 15) is 0 Å². The Balaban J connectivity index is 2.24. The van der Waals surface area contributed by atoms with Crippen LogP contribution in [0.15, 0.2) is 18.5 Å². The summed E-state index contributed by atoms with van der Waals surface area (Å²) >= 11 is 0. The largest absolute Gasteiger partial charge is 0.367 e. The molecule has 0 aromatic carbocycles. The molecule has 86 valence electrons. The lowest BCUT2D eigenvalue weighted by Gasteiger charge is -2.28. The molecular weight excluding hydrogens is 186 g/mol. The number of hydrogen-bond acceptors (Lipinski definition) is 2. The third-order valence-electron chi connectivity index (χ3n) is 2.34. The van der Waals surface area contributed by atoms with Gasteiger partial charge in [0.1, 0.15) is 0 Å². The molecule has 0 spiro atoms. The molecule has 15 heavy (non-hydrogen) atoms. The first-order chi connectivity index (χ1) is 6.99. The highest BCUT2D eigenvalue weighted by Gasteiger charge is 2.17. The van der Waals surface area contributed by atoms with Gasteiger partial charge in [0, 0.05) is 32.0 Å². The molecule has 0 saturated carbocycles. The van der Waals surface area contributed by atoms with Crippen LogP contribution in [0.25, 0.3) is 0 Å². The van der Waals surface area contributed by atoms with Crippen LogP contribution in [0.2, 0.25) is 0 Å². The summed E-state index contributed by atoms with van der Waals surface area (Å²) in [6.45, 7) is 7.66. The number of nitrogens with one attached hydrogen (secondary N) is 2. The van der Waals surface area contributed by atoms with E-state index in [1.54, 1.807) is 0 Å². The van der Waals surface area contributed by atoms with E-state index in [0.717, 1.165) is 19.6 Å². The first-order valence-electron chi connectivity index (χ1n) is 5.47. The van der Waals surface area contributed by atoms with Crippen LogP contribution >= 0.6 is 0 Å². The van der Waals surface area contributed by atoms with Gasteiger partial charge in [-0.15, -0.1) is 0 Å². The van der Waals surface area contributed by atoms with Crippen LogP contribution in [0.3, 0.4) is 0 Å².